The van der Waals surface area contributed by atoms with Gasteiger partial charge in [0.25, 0.3) is 0 Å². The maximum absolute atomic E-state index is 9.88. The number of hydrogen-bond donors (Lipinski definition) is 2. The van der Waals surface area contributed by atoms with Crippen molar-refractivity contribution in [2.24, 2.45) is 0 Å². The van der Waals surface area contributed by atoms with Crippen molar-refractivity contribution in [2.75, 3.05) is 32.5 Å². The lowest BCUT2D eigenvalue weighted by Crippen LogP contribution is -2.31. The number of nitrogens with zero attached hydrogens (tertiary/aromatic N) is 1. The number of benzene rings is 1. The van der Waals surface area contributed by atoms with Gasteiger partial charge in [-0.25, -0.2) is 0 Å². The normalized spacial score (nSPS) is 16.4. The summed E-state index contributed by atoms with van der Waals surface area (Å²) < 4.78 is 0. The molecule has 100 valence electrons. The average Bonchev–Trinajstić information content (AvgIpc) is 2.35. The van der Waals surface area contributed by atoms with E-state index in [1.165, 1.54) is 42.5 Å². The lowest BCUT2D eigenvalue weighted by atomic mass is 9.90. The Morgan fingerprint density at radius 1 is 1.28 bits per heavy atom. The second-order valence-corrected chi connectivity index (χ2v) is 5.45. The molecule has 0 spiro atoms. The summed E-state index contributed by atoms with van der Waals surface area (Å²) in [5, 5.41) is 13.3. The minimum atomic E-state index is -0.320. The number of fused-ring (bicyclic) bond motifs is 1. The van der Waals surface area contributed by atoms with Gasteiger partial charge in [-0.2, -0.15) is 0 Å². The van der Waals surface area contributed by atoms with Crippen molar-refractivity contribution in [1.82, 2.24) is 4.90 Å². The second-order valence-electron chi connectivity index (χ2n) is 5.45. The van der Waals surface area contributed by atoms with E-state index >= 15 is 0 Å². The Hall–Kier alpha value is -1.06. The summed E-state index contributed by atoms with van der Waals surface area (Å²) >= 11 is 0. The van der Waals surface area contributed by atoms with Crippen molar-refractivity contribution < 1.29 is 5.11 Å². The van der Waals surface area contributed by atoms with Crippen LogP contribution in [0.1, 0.15) is 24.0 Å². The van der Waals surface area contributed by atoms with E-state index in [4.69, 9.17) is 0 Å². The lowest BCUT2D eigenvalue weighted by Gasteiger charge is -2.22. The molecule has 0 aliphatic heterocycles. The molecule has 0 saturated carbocycles. The van der Waals surface area contributed by atoms with Gasteiger partial charge in [-0.15, -0.1) is 0 Å². The minimum absolute atomic E-state index is 0.320. The Kier molecular flexibility index (Phi) is 4.61. The molecule has 0 saturated heterocycles. The van der Waals surface area contributed by atoms with E-state index in [0.29, 0.717) is 13.1 Å². The molecule has 0 amide bonds. The Balaban J connectivity index is 1.97. The molecule has 1 aromatic rings. The molecule has 0 fully saturated rings. The molecule has 3 heteroatoms. The van der Waals surface area contributed by atoms with Crippen molar-refractivity contribution in [3.05, 3.63) is 29.3 Å². The fourth-order valence-electron chi connectivity index (χ4n) is 2.66. The first-order chi connectivity index (χ1) is 8.66. The Morgan fingerprint density at radius 3 is 2.83 bits per heavy atom. The van der Waals surface area contributed by atoms with Gasteiger partial charge >= 0.3 is 0 Å². The Bertz CT molecular complexity index is 390. The zero-order valence-corrected chi connectivity index (χ0v) is 11.4. The minimum Gasteiger partial charge on any atom is -0.390 e. The molecule has 1 aliphatic carbocycles. The molecule has 0 bridgehead atoms. The van der Waals surface area contributed by atoms with Gasteiger partial charge in [0, 0.05) is 18.8 Å². The molecular formula is C15H24N2O. The van der Waals surface area contributed by atoms with Gasteiger partial charge in [0.15, 0.2) is 0 Å². The summed E-state index contributed by atoms with van der Waals surface area (Å²) in [6, 6.07) is 6.48. The predicted molar refractivity (Wildman–Crippen MR) is 76.1 cm³/mol. The van der Waals surface area contributed by atoms with Crippen LogP contribution in [-0.4, -0.2) is 43.3 Å². The largest absolute Gasteiger partial charge is 0.390 e. The zero-order chi connectivity index (χ0) is 13.0. The van der Waals surface area contributed by atoms with Crippen LogP contribution in [0.2, 0.25) is 0 Å². The molecular weight excluding hydrogens is 224 g/mol. The highest BCUT2D eigenvalue weighted by atomic mass is 16.3. The smallest absolute Gasteiger partial charge is 0.0838 e. The molecule has 1 aliphatic rings. The quantitative estimate of drug-likeness (QED) is 0.835. The number of rotatable bonds is 5. The van der Waals surface area contributed by atoms with Crippen molar-refractivity contribution in [3.8, 4) is 0 Å². The molecule has 1 unspecified atom stereocenters. The number of aliphatic hydroxyl groups excluding tert-OH is 1. The summed E-state index contributed by atoms with van der Waals surface area (Å²) in [7, 11) is 3.96. The molecule has 18 heavy (non-hydrogen) atoms. The summed E-state index contributed by atoms with van der Waals surface area (Å²) in [5.74, 6) is 0. The molecule has 1 atom stereocenters. The third-order valence-electron chi connectivity index (χ3n) is 3.50. The molecule has 0 radical (unpaired) electrons. The summed E-state index contributed by atoms with van der Waals surface area (Å²) in [5.41, 5.74) is 4.15. The predicted octanol–water partition coefficient (Wildman–Crippen LogP) is 1.90. The van der Waals surface area contributed by atoms with Crippen LogP contribution >= 0.6 is 0 Å². The Morgan fingerprint density at radius 2 is 2.06 bits per heavy atom. The molecule has 2 rings (SSSR count). The van der Waals surface area contributed by atoms with Crippen molar-refractivity contribution in [3.63, 3.8) is 0 Å². The van der Waals surface area contributed by atoms with Gasteiger partial charge in [0.05, 0.1) is 6.10 Å². The van der Waals surface area contributed by atoms with E-state index in [1.54, 1.807) is 0 Å². The van der Waals surface area contributed by atoms with E-state index < -0.39 is 0 Å². The SMILES string of the molecule is CN(C)CC(O)CNc1cccc2c1CCCC2. The van der Waals surface area contributed by atoms with Crippen LogP contribution < -0.4 is 5.32 Å². The van der Waals surface area contributed by atoms with Gasteiger partial charge < -0.3 is 15.3 Å². The van der Waals surface area contributed by atoms with Crippen LogP contribution in [-0.2, 0) is 12.8 Å². The first-order valence-corrected chi connectivity index (χ1v) is 6.84. The maximum Gasteiger partial charge on any atom is 0.0838 e. The van der Waals surface area contributed by atoms with Gasteiger partial charge in [-0.05, 0) is 57.0 Å². The summed E-state index contributed by atoms with van der Waals surface area (Å²) in [6.07, 6.45) is 4.64. The Labute approximate surface area is 110 Å². The van der Waals surface area contributed by atoms with Crippen LogP contribution in [0.15, 0.2) is 18.2 Å². The van der Waals surface area contributed by atoms with Crippen LogP contribution in [0.4, 0.5) is 5.69 Å². The number of hydrogen-bond acceptors (Lipinski definition) is 3. The molecule has 0 heterocycles. The topological polar surface area (TPSA) is 35.5 Å². The van der Waals surface area contributed by atoms with Crippen molar-refractivity contribution in [2.45, 2.75) is 31.8 Å². The van der Waals surface area contributed by atoms with Crippen molar-refractivity contribution >= 4 is 5.69 Å². The molecule has 1 aromatic carbocycles. The fraction of sp³-hybridized carbons (Fsp3) is 0.600. The first kappa shape index (κ1) is 13.4. The molecule has 2 N–H and O–H groups in total. The highest BCUT2D eigenvalue weighted by Crippen LogP contribution is 2.27. The summed E-state index contributed by atoms with van der Waals surface area (Å²) in [4.78, 5) is 2.01. The third kappa shape index (κ3) is 3.47. The summed E-state index contributed by atoms with van der Waals surface area (Å²) in [6.45, 7) is 1.32. The zero-order valence-electron chi connectivity index (χ0n) is 11.4. The van der Waals surface area contributed by atoms with Gasteiger partial charge in [0.1, 0.15) is 0 Å². The number of aryl methyl sites for hydroxylation is 1. The molecule has 3 nitrogen and oxygen atoms in total. The number of likely N-dealkylation sites (N-methyl/N-ethyl adjacent to an activating group) is 1. The van der Waals surface area contributed by atoms with E-state index in [1.807, 2.05) is 19.0 Å². The van der Waals surface area contributed by atoms with E-state index in [2.05, 4.69) is 23.5 Å². The number of nitrogens with one attached hydrogen (secondary N) is 1. The fourth-order valence-corrected chi connectivity index (χ4v) is 2.66. The second kappa shape index (κ2) is 6.21. The first-order valence-electron chi connectivity index (χ1n) is 6.84. The lowest BCUT2D eigenvalue weighted by molar-refractivity contribution is 0.148. The number of anilines is 1. The highest BCUT2D eigenvalue weighted by molar-refractivity contribution is 5.55. The standard InChI is InChI=1S/C15H24N2O/c1-17(2)11-13(18)10-16-15-9-5-7-12-6-3-4-8-14(12)15/h5,7,9,13,16,18H,3-4,6,8,10-11H2,1-2H3. The van der Waals surface area contributed by atoms with Crippen LogP contribution in [0.3, 0.4) is 0 Å². The third-order valence-corrected chi connectivity index (χ3v) is 3.50. The maximum atomic E-state index is 9.88. The van der Waals surface area contributed by atoms with Crippen molar-refractivity contribution in [1.29, 1.82) is 0 Å². The van der Waals surface area contributed by atoms with E-state index in [0.717, 1.165) is 0 Å². The highest BCUT2D eigenvalue weighted by Gasteiger charge is 2.13. The molecule has 0 aromatic heterocycles. The van der Waals surface area contributed by atoms with Gasteiger partial charge in [-0.1, -0.05) is 12.1 Å². The monoisotopic (exact) mass is 248 g/mol. The van der Waals surface area contributed by atoms with Gasteiger partial charge in [-0.3, -0.25) is 0 Å². The van der Waals surface area contributed by atoms with E-state index in [-0.39, 0.29) is 6.10 Å². The van der Waals surface area contributed by atoms with Crippen LogP contribution in [0.5, 0.6) is 0 Å². The van der Waals surface area contributed by atoms with Crippen LogP contribution in [0, 0.1) is 0 Å². The van der Waals surface area contributed by atoms with E-state index in [9.17, 15) is 5.11 Å². The van der Waals surface area contributed by atoms with Gasteiger partial charge in [0.2, 0.25) is 0 Å². The number of aliphatic hydroxyl groups is 1. The average molecular weight is 248 g/mol. The van der Waals surface area contributed by atoms with Crippen LogP contribution in [0.25, 0.3) is 0 Å².